The van der Waals surface area contributed by atoms with Crippen LogP contribution in [0.1, 0.15) is 31.9 Å². The monoisotopic (exact) mass is 249 g/mol. The molecule has 18 heavy (non-hydrogen) atoms. The van der Waals surface area contributed by atoms with Crippen LogP contribution in [-0.2, 0) is 17.6 Å². The molecule has 1 aromatic rings. The molecule has 1 unspecified atom stereocenters. The van der Waals surface area contributed by atoms with E-state index in [0.717, 1.165) is 17.5 Å². The third-order valence-corrected chi connectivity index (χ3v) is 2.89. The molecule has 4 heteroatoms. The molecule has 4 nitrogen and oxygen atoms in total. The average Bonchev–Trinajstić information content (AvgIpc) is 2.58. The third kappa shape index (κ3) is 2.94. The number of hydrogen-bond donors (Lipinski definition) is 2. The zero-order valence-electron chi connectivity index (χ0n) is 11.0. The Balaban J connectivity index is 1.96. The number of aromatic hydroxyl groups is 1. The second kappa shape index (κ2) is 4.52. The first kappa shape index (κ1) is 12.7. The van der Waals surface area contributed by atoms with Crippen molar-refractivity contribution in [2.45, 2.75) is 45.3 Å². The van der Waals surface area contributed by atoms with Crippen molar-refractivity contribution < 1.29 is 14.6 Å². The minimum Gasteiger partial charge on any atom is -0.508 e. The lowest BCUT2D eigenvalue weighted by atomic mass is 10.1. The molecule has 2 rings (SSSR count). The Hall–Kier alpha value is -1.71. The standard InChI is InChI=1S/C14H19NO3/c1-14(2,3)18-13(17)15-10-7-9-5-4-6-12(16)11(9)8-10/h4-6,10,16H,7-8H2,1-3H3,(H,15,17). The molecule has 0 bridgehead atoms. The van der Waals surface area contributed by atoms with Crippen molar-refractivity contribution in [3.8, 4) is 5.75 Å². The van der Waals surface area contributed by atoms with Crippen LogP contribution in [0.4, 0.5) is 4.79 Å². The summed E-state index contributed by atoms with van der Waals surface area (Å²) in [5.74, 6) is 0.306. The average molecular weight is 249 g/mol. The SMILES string of the molecule is CC(C)(C)OC(=O)NC1Cc2cccc(O)c2C1. The van der Waals surface area contributed by atoms with E-state index in [2.05, 4.69) is 5.32 Å². The lowest BCUT2D eigenvalue weighted by Gasteiger charge is -2.21. The zero-order chi connectivity index (χ0) is 13.3. The second-order valence-electron chi connectivity index (χ2n) is 5.67. The number of hydrogen-bond acceptors (Lipinski definition) is 3. The second-order valence-corrected chi connectivity index (χ2v) is 5.67. The number of phenols is 1. The number of nitrogens with one attached hydrogen (secondary N) is 1. The molecule has 0 heterocycles. The van der Waals surface area contributed by atoms with Gasteiger partial charge in [0.25, 0.3) is 0 Å². The number of ether oxygens (including phenoxy) is 1. The van der Waals surface area contributed by atoms with Gasteiger partial charge in [0, 0.05) is 6.04 Å². The van der Waals surface area contributed by atoms with E-state index in [1.807, 2.05) is 32.9 Å². The van der Waals surface area contributed by atoms with E-state index in [1.165, 1.54) is 0 Å². The Morgan fingerprint density at radius 2 is 2.11 bits per heavy atom. The van der Waals surface area contributed by atoms with E-state index in [1.54, 1.807) is 6.07 Å². The maximum atomic E-state index is 11.7. The summed E-state index contributed by atoms with van der Waals surface area (Å²) >= 11 is 0. The van der Waals surface area contributed by atoms with Gasteiger partial charge in [0.15, 0.2) is 0 Å². The van der Waals surface area contributed by atoms with Gasteiger partial charge in [0.1, 0.15) is 11.4 Å². The van der Waals surface area contributed by atoms with E-state index in [0.29, 0.717) is 12.2 Å². The molecule has 0 saturated carbocycles. The molecule has 2 N–H and O–H groups in total. The van der Waals surface area contributed by atoms with Gasteiger partial charge >= 0.3 is 6.09 Å². The number of fused-ring (bicyclic) bond motifs is 1. The van der Waals surface area contributed by atoms with E-state index in [9.17, 15) is 9.90 Å². The Kier molecular flexibility index (Phi) is 3.20. The topological polar surface area (TPSA) is 58.6 Å². The highest BCUT2D eigenvalue weighted by Crippen LogP contribution is 2.29. The van der Waals surface area contributed by atoms with Crippen molar-refractivity contribution in [2.24, 2.45) is 0 Å². The van der Waals surface area contributed by atoms with Crippen LogP contribution in [0.5, 0.6) is 5.75 Å². The van der Waals surface area contributed by atoms with E-state index < -0.39 is 11.7 Å². The van der Waals surface area contributed by atoms with Gasteiger partial charge in [0.2, 0.25) is 0 Å². The van der Waals surface area contributed by atoms with Gasteiger partial charge in [-0.3, -0.25) is 0 Å². The van der Waals surface area contributed by atoms with E-state index in [-0.39, 0.29) is 6.04 Å². The number of carbonyl (C=O) groups is 1. The molecule has 1 aliphatic rings. The van der Waals surface area contributed by atoms with Crippen LogP contribution in [0.25, 0.3) is 0 Å². The van der Waals surface area contributed by atoms with Gasteiger partial charge in [-0.15, -0.1) is 0 Å². The molecule has 1 aromatic carbocycles. The molecule has 1 atom stereocenters. The lowest BCUT2D eigenvalue weighted by Crippen LogP contribution is -2.39. The number of amides is 1. The number of phenolic OH excluding ortho intramolecular Hbond substituents is 1. The molecule has 1 amide bonds. The largest absolute Gasteiger partial charge is 0.508 e. The summed E-state index contributed by atoms with van der Waals surface area (Å²) < 4.78 is 5.22. The van der Waals surface area contributed by atoms with E-state index in [4.69, 9.17) is 4.74 Å². The van der Waals surface area contributed by atoms with Gasteiger partial charge in [-0.25, -0.2) is 4.79 Å². The molecule has 0 radical (unpaired) electrons. The number of rotatable bonds is 1. The van der Waals surface area contributed by atoms with Crippen LogP contribution < -0.4 is 5.32 Å². The highest BCUT2D eigenvalue weighted by atomic mass is 16.6. The summed E-state index contributed by atoms with van der Waals surface area (Å²) in [5.41, 5.74) is 1.53. The predicted octanol–water partition coefficient (Wildman–Crippen LogP) is 2.38. The minimum absolute atomic E-state index is 0.00292. The molecule has 0 saturated heterocycles. The first-order valence-corrected chi connectivity index (χ1v) is 6.14. The number of alkyl carbamates (subject to hydrolysis) is 1. The highest BCUT2D eigenvalue weighted by Gasteiger charge is 2.26. The summed E-state index contributed by atoms with van der Waals surface area (Å²) in [6, 6.07) is 5.48. The fraction of sp³-hybridized carbons (Fsp3) is 0.500. The Morgan fingerprint density at radius 3 is 2.72 bits per heavy atom. The Morgan fingerprint density at radius 1 is 1.39 bits per heavy atom. The fourth-order valence-electron chi connectivity index (χ4n) is 2.21. The van der Waals surface area contributed by atoms with Crippen LogP contribution in [0, 0.1) is 0 Å². The third-order valence-electron chi connectivity index (χ3n) is 2.89. The zero-order valence-corrected chi connectivity index (χ0v) is 11.0. The maximum Gasteiger partial charge on any atom is 0.407 e. The molecule has 0 fully saturated rings. The van der Waals surface area contributed by atoms with Crippen LogP contribution in [-0.4, -0.2) is 22.8 Å². The first-order chi connectivity index (χ1) is 8.35. The van der Waals surface area contributed by atoms with Gasteiger partial charge in [-0.2, -0.15) is 0 Å². The molecule has 98 valence electrons. The molecule has 0 aromatic heterocycles. The highest BCUT2D eigenvalue weighted by molar-refractivity contribution is 5.68. The summed E-state index contributed by atoms with van der Waals surface area (Å²) in [6.07, 6.45) is 0.990. The number of carbonyl (C=O) groups excluding carboxylic acids is 1. The molecule has 0 spiro atoms. The van der Waals surface area contributed by atoms with Crippen LogP contribution in [0.2, 0.25) is 0 Å². The van der Waals surface area contributed by atoms with Gasteiger partial charge in [0.05, 0.1) is 0 Å². The lowest BCUT2D eigenvalue weighted by molar-refractivity contribution is 0.0506. The van der Waals surface area contributed by atoms with Crippen molar-refractivity contribution in [2.75, 3.05) is 0 Å². The quantitative estimate of drug-likeness (QED) is 0.803. The van der Waals surface area contributed by atoms with Crippen molar-refractivity contribution in [3.63, 3.8) is 0 Å². The maximum absolute atomic E-state index is 11.7. The summed E-state index contributed by atoms with van der Waals surface area (Å²) in [6.45, 7) is 5.51. The fourth-order valence-corrected chi connectivity index (χ4v) is 2.21. The Labute approximate surface area is 107 Å². The number of benzene rings is 1. The van der Waals surface area contributed by atoms with Gasteiger partial charge in [-0.1, -0.05) is 12.1 Å². The van der Waals surface area contributed by atoms with Crippen LogP contribution in [0.3, 0.4) is 0 Å². The Bertz CT molecular complexity index is 463. The van der Waals surface area contributed by atoms with Crippen molar-refractivity contribution in [1.82, 2.24) is 5.32 Å². The summed E-state index contributed by atoms with van der Waals surface area (Å²) in [5, 5.41) is 12.6. The summed E-state index contributed by atoms with van der Waals surface area (Å²) in [7, 11) is 0. The van der Waals surface area contributed by atoms with Crippen molar-refractivity contribution in [1.29, 1.82) is 0 Å². The molecule has 0 aliphatic heterocycles. The predicted molar refractivity (Wildman–Crippen MR) is 68.7 cm³/mol. The van der Waals surface area contributed by atoms with Gasteiger partial charge < -0.3 is 15.2 Å². The van der Waals surface area contributed by atoms with Crippen LogP contribution in [0.15, 0.2) is 18.2 Å². The van der Waals surface area contributed by atoms with Crippen LogP contribution >= 0.6 is 0 Å². The molecule has 1 aliphatic carbocycles. The molecular weight excluding hydrogens is 230 g/mol. The minimum atomic E-state index is -0.488. The van der Waals surface area contributed by atoms with Crippen molar-refractivity contribution >= 4 is 6.09 Å². The van der Waals surface area contributed by atoms with Gasteiger partial charge in [-0.05, 0) is 50.8 Å². The normalized spacial score (nSPS) is 18.3. The summed E-state index contributed by atoms with van der Waals surface area (Å²) in [4.78, 5) is 11.7. The molecular formula is C14H19NO3. The first-order valence-electron chi connectivity index (χ1n) is 6.14. The smallest absolute Gasteiger partial charge is 0.407 e. The van der Waals surface area contributed by atoms with E-state index >= 15 is 0 Å². The van der Waals surface area contributed by atoms with Crippen molar-refractivity contribution in [3.05, 3.63) is 29.3 Å².